The molecule has 0 radical (unpaired) electrons. The summed E-state index contributed by atoms with van der Waals surface area (Å²) in [5.41, 5.74) is 3.57. The Kier molecular flexibility index (Phi) is 5.79. The zero-order valence-electron chi connectivity index (χ0n) is 15.5. The fourth-order valence-electron chi connectivity index (χ4n) is 3.21. The van der Waals surface area contributed by atoms with Crippen molar-refractivity contribution in [3.05, 3.63) is 94.0 Å². The van der Waals surface area contributed by atoms with Crippen molar-refractivity contribution in [3.63, 3.8) is 0 Å². The van der Waals surface area contributed by atoms with E-state index in [0.717, 1.165) is 22.4 Å². The lowest BCUT2D eigenvalue weighted by molar-refractivity contribution is 0.0954. The van der Waals surface area contributed by atoms with Crippen molar-refractivity contribution in [1.82, 2.24) is 19.9 Å². The highest BCUT2D eigenvalue weighted by Gasteiger charge is 2.12. The summed E-state index contributed by atoms with van der Waals surface area (Å²) in [6.07, 6.45) is 3.81. The molecule has 1 amide bonds. The normalized spacial score (nSPS) is 11.0. The number of imidazole rings is 1. The standard InChI is InChI=1S/C22H18Cl2N4O/c23-17-6-5-15(13-18(17)24)14-28-20-4-2-1-3-19(20)27-21(28)9-12-26-22(29)16-7-10-25-11-8-16/h1-8,10-11,13H,9,12,14H2,(H,26,29). The first-order valence-electron chi connectivity index (χ1n) is 9.18. The molecule has 2 aromatic carbocycles. The molecule has 0 spiro atoms. The molecule has 0 aliphatic rings. The summed E-state index contributed by atoms with van der Waals surface area (Å²) < 4.78 is 2.15. The van der Waals surface area contributed by atoms with Crippen LogP contribution in [-0.4, -0.2) is 27.0 Å². The molecule has 1 N–H and O–H groups in total. The minimum Gasteiger partial charge on any atom is -0.352 e. The van der Waals surface area contributed by atoms with Crippen molar-refractivity contribution >= 4 is 40.1 Å². The maximum absolute atomic E-state index is 12.3. The van der Waals surface area contributed by atoms with E-state index in [4.69, 9.17) is 28.2 Å². The highest BCUT2D eigenvalue weighted by Crippen LogP contribution is 2.24. The maximum atomic E-state index is 12.3. The third-order valence-corrected chi connectivity index (χ3v) is 5.37. The van der Waals surface area contributed by atoms with Crippen molar-refractivity contribution in [2.24, 2.45) is 0 Å². The van der Waals surface area contributed by atoms with Crippen LogP contribution in [0.3, 0.4) is 0 Å². The molecule has 0 bridgehead atoms. The highest BCUT2D eigenvalue weighted by atomic mass is 35.5. The Morgan fingerprint density at radius 3 is 2.59 bits per heavy atom. The van der Waals surface area contributed by atoms with Crippen LogP contribution in [0.5, 0.6) is 0 Å². The van der Waals surface area contributed by atoms with E-state index in [9.17, 15) is 4.79 Å². The average Bonchev–Trinajstić information content (AvgIpc) is 3.08. The van der Waals surface area contributed by atoms with Gasteiger partial charge >= 0.3 is 0 Å². The van der Waals surface area contributed by atoms with Gasteiger partial charge in [-0.2, -0.15) is 0 Å². The molecule has 0 aliphatic carbocycles. The summed E-state index contributed by atoms with van der Waals surface area (Å²) in [5.74, 6) is 0.770. The molecule has 0 saturated heterocycles. The fourth-order valence-corrected chi connectivity index (χ4v) is 3.53. The van der Waals surface area contributed by atoms with Gasteiger partial charge in [0.25, 0.3) is 5.91 Å². The number of hydrogen-bond acceptors (Lipinski definition) is 3. The Hall–Kier alpha value is -2.89. The molecule has 7 heteroatoms. The van der Waals surface area contributed by atoms with Crippen LogP contribution in [0.2, 0.25) is 10.0 Å². The van der Waals surface area contributed by atoms with Gasteiger partial charge in [-0.3, -0.25) is 9.78 Å². The predicted molar refractivity (Wildman–Crippen MR) is 116 cm³/mol. The topological polar surface area (TPSA) is 59.8 Å². The minimum atomic E-state index is -0.125. The van der Waals surface area contributed by atoms with E-state index in [1.54, 1.807) is 30.6 Å². The number of benzene rings is 2. The molecule has 2 heterocycles. The van der Waals surface area contributed by atoms with Crippen LogP contribution in [0, 0.1) is 0 Å². The number of carbonyl (C=O) groups is 1. The fraction of sp³-hybridized carbons (Fsp3) is 0.136. The van der Waals surface area contributed by atoms with E-state index in [2.05, 4.69) is 14.9 Å². The summed E-state index contributed by atoms with van der Waals surface area (Å²) in [7, 11) is 0. The molecule has 0 aliphatic heterocycles. The van der Waals surface area contributed by atoms with E-state index < -0.39 is 0 Å². The molecular formula is C22H18Cl2N4O. The third kappa shape index (κ3) is 4.42. The second-order valence-corrected chi connectivity index (χ2v) is 7.41. The first-order valence-corrected chi connectivity index (χ1v) is 9.94. The molecule has 146 valence electrons. The van der Waals surface area contributed by atoms with Gasteiger partial charge in [0.05, 0.1) is 21.1 Å². The lowest BCUT2D eigenvalue weighted by Gasteiger charge is -2.11. The molecule has 2 aromatic heterocycles. The van der Waals surface area contributed by atoms with Crippen LogP contribution in [0.25, 0.3) is 11.0 Å². The number of halogens is 2. The molecule has 0 fully saturated rings. The Balaban J connectivity index is 1.54. The number of pyridine rings is 1. The van der Waals surface area contributed by atoms with Gasteiger partial charge in [-0.05, 0) is 42.0 Å². The second kappa shape index (κ2) is 8.64. The van der Waals surface area contributed by atoms with Crippen LogP contribution < -0.4 is 5.32 Å². The SMILES string of the molecule is O=C(NCCc1nc2ccccc2n1Cc1ccc(Cl)c(Cl)c1)c1ccncc1. The first-order chi connectivity index (χ1) is 14.1. The summed E-state index contributed by atoms with van der Waals surface area (Å²) >= 11 is 12.2. The van der Waals surface area contributed by atoms with Crippen molar-refractivity contribution in [2.75, 3.05) is 6.54 Å². The molecule has 0 unspecified atom stereocenters. The van der Waals surface area contributed by atoms with Crippen molar-refractivity contribution in [1.29, 1.82) is 0 Å². The number of fused-ring (bicyclic) bond motifs is 1. The van der Waals surface area contributed by atoms with Crippen molar-refractivity contribution in [3.8, 4) is 0 Å². The minimum absolute atomic E-state index is 0.125. The number of rotatable bonds is 6. The molecule has 29 heavy (non-hydrogen) atoms. The Bertz CT molecular complexity index is 1160. The van der Waals surface area contributed by atoms with Crippen LogP contribution in [0.1, 0.15) is 21.7 Å². The molecule has 4 rings (SSSR count). The number of nitrogens with one attached hydrogen (secondary N) is 1. The van der Waals surface area contributed by atoms with E-state index in [1.807, 2.05) is 36.4 Å². The predicted octanol–water partition coefficient (Wildman–Crippen LogP) is 4.76. The first kappa shape index (κ1) is 19.4. The van der Waals surface area contributed by atoms with Gasteiger partial charge < -0.3 is 9.88 Å². The monoisotopic (exact) mass is 424 g/mol. The molecule has 5 nitrogen and oxygen atoms in total. The van der Waals surface area contributed by atoms with Gasteiger partial charge in [0.15, 0.2) is 0 Å². The zero-order valence-corrected chi connectivity index (χ0v) is 17.0. The Morgan fingerprint density at radius 2 is 1.79 bits per heavy atom. The number of aromatic nitrogens is 3. The van der Waals surface area contributed by atoms with E-state index in [1.165, 1.54) is 0 Å². The molecule has 0 atom stereocenters. The largest absolute Gasteiger partial charge is 0.352 e. The van der Waals surface area contributed by atoms with Gasteiger partial charge in [0, 0.05) is 37.5 Å². The van der Waals surface area contributed by atoms with Crippen LogP contribution in [0.4, 0.5) is 0 Å². The Labute approximate surface area is 178 Å². The maximum Gasteiger partial charge on any atom is 0.251 e. The van der Waals surface area contributed by atoms with Crippen LogP contribution >= 0.6 is 23.2 Å². The van der Waals surface area contributed by atoms with E-state index >= 15 is 0 Å². The molecule has 4 aromatic rings. The van der Waals surface area contributed by atoms with Gasteiger partial charge in [-0.25, -0.2) is 4.98 Å². The Morgan fingerprint density at radius 1 is 1.00 bits per heavy atom. The van der Waals surface area contributed by atoms with Crippen LogP contribution in [-0.2, 0) is 13.0 Å². The van der Waals surface area contributed by atoms with Gasteiger partial charge in [0.1, 0.15) is 5.82 Å². The lowest BCUT2D eigenvalue weighted by Crippen LogP contribution is -2.26. The van der Waals surface area contributed by atoms with Gasteiger partial charge in [-0.1, -0.05) is 41.4 Å². The summed E-state index contributed by atoms with van der Waals surface area (Å²) in [6, 6.07) is 17.0. The summed E-state index contributed by atoms with van der Waals surface area (Å²) in [5, 5.41) is 4.00. The quantitative estimate of drug-likeness (QED) is 0.485. The smallest absolute Gasteiger partial charge is 0.251 e. The summed E-state index contributed by atoms with van der Waals surface area (Å²) in [6.45, 7) is 1.09. The average molecular weight is 425 g/mol. The van der Waals surface area contributed by atoms with Crippen molar-refractivity contribution in [2.45, 2.75) is 13.0 Å². The second-order valence-electron chi connectivity index (χ2n) is 6.59. The zero-order chi connectivity index (χ0) is 20.2. The number of amides is 1. The summed E-state index contributed by atoms with van der Waals surface area (Å²) in [4.78, 5) is 21.0. The highest BCUT2D eigenvalue weighted by molar-refractivity contribution is 6.42. The number of nitrogens with zero attached hydrogens (tertiary/aromatic N) is 3. The van der Waals surface area contributed by atoms with Crippen LogP contribution in [0.15, 0.2) is 67.0 Å². The number of hydrogen-bond donors (Lipinski definition) is 1. The third-order valence-electron chi connectivity index (χ3n) is 4.63. The molecular weight excluding hydrogens is 407 g/mol. The number of para-hydroxylation sites is 2. The number of carbonyl (C=O) groups excluding carboxylic acids is 1. The van der Waals surface area contributed by atoms with E-state index in [0.29, 0.717) is 35.1 Å². The van der Waals surface area contributed by atoms with Gasteiger partial charge in [-0.15, -0.1) is 0 Å². The van der Waals surface area contributed by atoms with Crippen molar-refractivity contribution < 1.29 is 4.79 Å². The molecule has 0 saturated carbocycles. The van der Waals surface area contributed by atoms with Gasteiger partial charge in [0.2, 0.25) is 0 Å². The lowest BCUT2D eigenvalue weighted by atomic mass is 10.2. The van der Waals surface area contributed by atoms with E-state index in [-0.39, 0.29) is 5.91 Å².